The molecule has 2 N–H and O–H groups in total. The zero-order valence-corrected chi connectivity index (χ0v) is 12.7. The van der Waals surface area contributed by atoms with Crippen LogP contribution >= 0.6 is 23.2 Å². The summed E-state index contributed by atoms with van der Waals surface area (Å²) in [4.78, 5) is 2.28. The lowest BCUT2D eigenvalue weighted by atomic mass is 10.0. The van der Waals surface area contributed by atoms with Gasteiger partial charge in [0.25, 0.3) is 0 Å². The standard InChI is InChI=1S/C14H20Cl2N2O/c1-18(7-10-3-2-4-19-9-10)8-11-5-12(15)14(17)13(16)6-11/h5-6,10H,2-4,7-9,17H2,1H3. The van der Waals surface area contributed by atoms with Gasteiger partial charge in [0.15, 0.2) is 0 Å². The zero-order valence-electron chi connectivity index (χ0n) is 11.2. The predicted octanol–water partition coefficient (Wildman–Crippen LogP) is 3.43. The molecular formula is C14H20Cl2N2O. The summed E-state index contributed by atoms with van der Waals surface area (Å²) in [6, 6.07) is 3.77. The molecule has 1 unspecified atom stereocenters. The van der Waals surface area contributed by atoms with E-state index >= 15 is 0 Å². The van der Waals surface area contributed by atoms with E-state index in [1.54, 1.807) is 0 Å². The first-order chi connectivity index (χ1) is 9.06. The molecule has 5 heteroatoms. The highest BCUT2D eigenvalue weighted by molar-refractivity contribution is 6.38. The minimum absolute atomic E-state index is 0.454. The second kappa shape index (κ2) is 6.80. The molecule has 1 saturated heterocycles. The molecule has 1 heterocycles. The second-order valence-electron chi connectivity index (χ2n) is 5.25. The van der Waals surface area contributed by atoms with Crippen molar-refractivity contribution in [1.82, 2.24) is 4.90 Å². The van der Waals surface area contributed by atoms with E-state index in [0.29, 0.717) is 21.7 Å². The summed E-state index contributed by atoms with van der Waals surface area (Å²) in [5.41, 5.74) is 7.28. The summed E-state index contributed by atoms with van der Waals surface area (Å²) in [6.45, 7) is 3.62. The number of ether oxygens (including phenoxy) is 1. The summed E-state index contributed by atoms with van der Waals surface area (Å²) in [7, 11) is 2.10. The van der Waals surface area contributed by atoms with Crippen molar-refractivity contribution in [1.29, 1.82) is 0 Å². The molecule has 3 nitrogen and oxygen atoms in total. The molecule has 0 aliphatic carbocycles. The average molecular weight is 303 g/mol. The lowest BCUT2D eigenvalue weighted by molar-refractivity contribution is 0.0411. The SMILES string of the molecule is CN(Cc1cc(Cl)c(N)c(Cl)c1)CC1CCCOC1. The molecule has 0 radical (unpaired) electrons. The molecule has 0 aromatic heterocycles. The molecule has 106 valence electrons. The summed E-state index contributed by atoms with van der Waals surface area (Å²) < 4.78 is 5.50. The fourth-order valence-corrected chi connectivity index (χ4v) is 3.03. The number of rotatable bonds is 4. The fourth-order valence-electron chi connectivity index (χ4n) is 2.50. The molecule has 0 saturated carbocycles. The van der Waals surface area contributed by atoms with Crippen LogP contribution in [-0.4, -0.2) is 31.7 Å². The number of benzene rings is 1. The van der Waals surface area contributed by atoms with Crippen molar-refractivity contribution in [2.75, 3.05) is 32.5 Å². The van der Waals surface area contributed by atoms with E-state index in [1.807, 2.05) is 12.1 Å². The Morgan fingerprint density at radius 1 is 1.37 bits per heavy atom. The summed E-state index contributed by atoms with van der Waals surface area (Å²) in [6.07, 6.45) is 2.41. The van der Waals surface area contributed by atoms with Crippen molar-refractivity contribution < 1.29 is 4.74 Å². The number of anilines is 1. The Morgan fingerprint density at radius 3 is 2.63 bits per heavy atom. The molecule has 1 aliphatic rings. The van der Waals surface area contributed by atoms with Gasteiger partial charge in [0, 0.05) is 19.7 Å². The molecule has 1 aromatic rings. The van der Waals surface area contributed by atoms with Crippen LogP contribution in [0.5, 0.6) is 0 Å². The maximum atomic E-state index is 6.05. The van der Waals surface area contributed by atoms with Crippen molar-refractivity contribution in [3.05, 3.63) is 27.7 Å². The molecule has 0 bridgehead atoms. The highest BCUT2D eigenvalue weighted by Crippen LogP contribution is 2.29. The van der Waals surface area contributed by atoms with Crippen LogP contribution in [0.15, 0.2) is 12.1 Å². The van der Waals surface area contributed by atoms with Crippen molar-refractivity contribution in [2.45, 2.75) is 19.4 Å². The maximum absolute atomic E-state index is 6.05. The Balaban J connectivity index is 1.92. The highest BCUT2D eigenvalue weighted by atomic mass is 35.5. The van der Waals surface area contributed by atoms with Crippen molar-refractivity contribution >= 4 is 28.9 Å². The third-order valence-electron chi connectivity index (χ3n) is 3.42. The van der Waals surface area contributed by atoms with Crippen molar-refractivity contribution in [3.8, 4) is 0 Å². The number of nitrogens with two attached hydrogens (primary N) is 1. The van der Waals surface area contributed by atoms with Crippen LogP contribution in [0.1, 0.15) is 18.4 Å². The van der Waals surface area contributed by atoms with Gasteiger partial charge >= 0.3 is 0 Å². The van der Waals surface area contributed by atoms with Crippen molar-refractivity contribution in [3.63, 3.8) is 0 Å². The summed E-state index contributed by atoms with van der Waals surface area (Å²) in [5.74, 6) is 0.624. The third-order valence-corrected chi connectivity index (χ3v) is 4.04. The molecular weight excluding hydrogens is 283 g/mol. The van der Waals surface area contributed by atoms with E-state index in [2.05, 4.69) is 11.9 Å². The van der Waals surface area contributed by atoms with Gasteiger partial charge in [-0.05, 0) is 43.5 Å². The topological polar surface area (TPSA) is 38.5 Å². The molecule has 1 aliphatic heterocycles. The van der Waals surface area contributed by atoms with Gasteiger partial charge in [-0.1, -0.05) is 23.2 Å². The first kappa shape index (κ1) is 14.9. The van der Waals surface area contributed by atoms with E-state index in [4.69, 9.17) is 33.7 Å². The quantitative estimate of drug-likeness (QED) is 0.866. The molecule has 2 rings (SSSR count). The smallest absolute Gasteiger partial charge is 0.0693 e. The zero-order chi connectivity index (χ0) is 13.8. The number of nitrogen functional groups attached to an aromatic ring is 1. The molecule has 1 atom stereocenters. The normalized spacial score (nSPS) is 19.9. The minimum atomic E-state index is 0.454. The lowest BCUT2D eigenvalue weighted by Crippen LogP contribution is -2.30. The van der Waals surface area contributed by atoms with Gasteiger partial charge < -0.3 is 15.4 Å². The monoisotopic (exact) mass is 302 g/mol. The van der Waals surface area contributed by atoms with E-state index < -0.39 is 0 Å². The summed E-state index contributed by atoms with van der Waals surface area (Å²) >= 11 is 12.1. The van der Waals surface area contributed by atoms with E-state index in [0.717, 1.165) is 38.3 Å². The van der Waals surface area contributed by atoms with Gasteiger partial charge in [0.1, 0.15) is 0 Å². The first-order valence-electron chi connectivity index (χ1n) is 6.56. The van der Waals surface area contributed by atoms with E-state index in [1.165, 1.54) is 6.42 Å². The lowest BCUT2D eigenvalue weighted by Gasteiger charge is -2.27. The Kier molecular flexibility index (Phi) is 5.34. The largest absolute Gasteiger partial charge is 0.396 e. The average Bonchev–Trinajstić information content (AvgIpc) is 2.37. The van der Waals surface area contributed by atoms with Crippen LogP contribution in [0.25, 0.3) is 0 Å². The Hall–Kier alpha value is -0.480. The van der Waals surface area contributed by atoms with Crippen LogP contribution < -0.4 is 5.73 Å². The first-order valence-corrected chi connectivity index (χ1v) is 7.31. The molecule has 0 spiro atoms. The number of halogens is 2. The summed E-state index contributed by atoms with van der Waals surface area (Å²) in [5, 5.41) is 1.05. The predicted molar refractivity (Wildman–Crippen MR) is 80.8 cm³/mol. The molecule has 1 fully saturated rings. The van der Waals surface area contributed by atoms with Gasteiger partial charge in [-0.3, -0.25) is 0 Å². The highest BCUT2D eigenvalue weighted by Gasteiger charge is 2.16. The second-order valence-corrected chi connectivity index (χ2v) is 6.07. The van der Waals surface area contributed by atoms with Crippen LogP contribution in [-0.2, 0) is 11.3 Å². The van der Waals surface area contributed by atoms with Crippen molar-refractivity contribution in [2.24, 2.45) is 5.92 Å². The van der Waals surface area contributed by atoms with E-state index in [-0.39, 0.29) is 0 Å². The van der Waals surface area contributed by atoms with Gasteiger partial charge in [-0.25, -0.2) is 0 Å². The maximum Gasteiger partial charge on any atom is 0.0693 e. The van der Waals surface area contributed by atoms with Crippen LogP contribution in [0, 0.1) is 5.92 Å². The van der Waals surface area contributed by atoms with E-state index in [9.17, 15) is 0 Å². The molecule has 1 aromatic carbocycles. The number of nitrogens with zero attached hydrogens (tertiary/aromatic N) is 1. The Morgan fingerprint density at radius 2 is 2.05 bits per heavy atom. The number of hydrogen-bond acceptors (Lipinski definition) is 3. The van der Waals surface area contributed by atoms with Crippen LogP contribution in [0.4, 0.5) is 5.69 Å². The third kappa shape index (κ3) is 4.25. The minimum Gasteiger partial charge on any atom is -0.396 e. The van der Waals surface area contributed by atoms with Gasteiger partial charge in [-0.2, -0.15) is 0 Å². The van der Waals surface area contributed by atoms with Gasteiger partial charge in [0.2, 0.25) is 0 Å². The Bertz CT molecular complexity index is 410. The molecule has 0 amide bonds. The fraction of sp³-hybridized carbons (Fsp3) is 0.571. The van der Waals surface area contributed by atoms with Crippen LogP contribution in [0.3, 0.4) is 0 Å². The van der Waals surface area contributed by atoms with Gasteiger partial charge in [-0.15, -0.1) is 0 Å². The van der Waals surface area contributed by atoms with Crippen LogP contribution in [0.2, 0.25) is 10.0 Å². The van der Waals surface area contributed by atoms with Gasteiger partial charge in [0.05, 0.1) is 22.3 Å². The molecule has 19 heavy (non-hydrogen) atoms. The Labute approximate surface area is 124 Å². The number of hydrogen-bond donors (Lipinski definition) is 1.